The third-order valence-corrected chi connectivity index (χ3v) is 4.76. The maximum absolute atomic E-state index is 12.0. The Morgan fingerprint density at radius 3 is 2.57 bits per heavy atom. The molecule has 5 nitrogen and oxygen atoms in total. The standard InChI is InChI=1S/C17H22N4OS/c22-16(19-17-18-7-13-23-17)14-21-11-9-20(10-12-21)8-6-15-4-2-1-3-5-15/h1-5,7,13H,6,8-12,14H2,(H,18,19,22). The van der Waals surface area contributed by atoms with Crippen molar-refractivity contribution in [2.45, 2.75) is 6.42 Å². The first kappa shape index (κ1) is 16.1. The zero-order chi connectivity index (χ0) is 15.9. The van der Waals surface area contributed by atoms with Gasteiger partial charge in [-0.2, -0.15) is 0 Å². The van der Waals surface area contributed by atoms with Gasteiger partial charge in [0.05, 0.1) is 6.54 Å². The Labute approximate surface area is 140 Å². The fourth-order valence-electron chi connectivity index (χ4n) is 2.75. The molecule has 1 N–H and O–H groups in total. The predicted molar refractivity (Wildman–Crippen MR) is 93.8 cm³/mol. The summed E-state index contributed by atoms with van der Waals surface area (Å²) in [6, 6.07) is 10.6. The summed E-state index contributed by atoms with van der Waals surface area (Å²) in [6.45, 7) is 5.48. The van der Waals surface area contributed by atoms with Crippen molar-refractivity contribution in [2.75, 3.05) is 44.6 Å². The Kier molecular flexibility index (Phi) is 5.74. The van der Waals surface area contributed by atoms with Crippen LogP contribution in [0.5, 0.6) is 0 Å². The fourth-order valence-corrected chi connectivity index (χ4v) is 3.30. The van der Waals surface area contributed by atoms with Gasteiger partial charge in [-0.05, 0) is 12.0 Å². The number of hydrogen-bond acceptors (Lipinski definition) is 5. The molecule has 0 radical (unpaired) electrons. The predicted octanol–water partition coefficient (Wildman–Crippen LogP) is 1.94. The third kappa shape index (κ3) is 5.13. The number of thiazole rings is 1. The van der Waals surface area contributed by atoms with E-state index < -0.39 is 0 Å². The molecule has 0 unspecified atom stereocenters. The molecule has 122 valence electrons. The molecule has 1 fully saturated rings. The van der Waals surface area contributed by atoms with Crippen LogP contribution in [0.1, 0.15) is 5.56 Å². The zero-order valence-corrected chi connectivity index (χ0v) is 14.0. The summed E-state index contributed by atoms with van der Waals surface area (Å²) in [5, 5.41) is 5.38. The van der Waals surface area contributed by atoms with Crippen LogP contribution in [0.25, 0.3) is 0 Å². The maximum atomic E-state index is 12.0. The molecule has 1 aromatic heterocycles. The van der Waals surface area contributed by atoms with Gasteiger partial charge in [0.15, 0.2) is 5.13 Å². The third-order valence-electron chi connectivity index (χ3n) is 4.07. The van der Waals surface area contributed by atoms with Crippen molar-refractivity contribution in [1.82, 2.24) is 14.8 Å². The number of rotatable bonds is 6. The molecule has 2 heterocycles. The van der Waals surface area contributed by atoms with E-state index in [0.29, 0.717) is 11.7 Å². The second-order valence-corrected chi connectivity index (χ2v) is 6.63. The van der Waals surface area contributed by atoms with E-state index in [2.05, 4.69) is 50.4 Å². The number of piperazine rings is 1. The Hall–Kier alpha value is -1.76. The normalized spacial score (nSPS) is 16.3. The second-order valence-electron chi connectivity index (χ2n) is 5.74. The number of aromatic nitrogens is 1. The highest BCUT2D eigenvalue weighted by atomic mass is 32.1. The Morgan fingerprint density at radius 1 is 1.13 bits per heavy atom. The molecule has 1 amide bonds. The fraction of sp³-hybridized carbons (Fsp3) is 0.412. The smallest absolute Gasteiger partial charge is 0.240 e. The highest BCUT2D eigenvalue weighted by molar-refractivity contribution is 7.13. The summed E-state index contributed by atoms with van der Waals surface area (Å²) >= 11 is 1.45. The summed E-state index contributed by atoms with van der Waals surface area (Å²) in [6.07, 6.45) is 2.79. The van der Waals surface area contributed by atoms with Gasteiger partial charge in [-0.25, -0.2) is 4.98 Å². The molecule has 0 atom stereocenters. The SMILES string of the molecule is O=C(CN1CCN(CCc2ccccc2)CC1)Nc1nccs1. The van der Waals surface area contributed by atoms with Crippen molar-refractivity contribution in [3.05, 3.63) is 47.5 Å². The van der Waals surface area contributed by atoms with E-state index in [1.54, 1.807) is 6.20 Å². The summed E-state index contributed by atoms with van der Waals surface area (Å²) in [4.78, 5) is 20.7. The lowest BCUT2D eigenvalue weighted by molar-refractivity contribution is -0.117. The maximum Gasteiger partial charge on any atom is 0.240 e. The van der Waals surface area contributed by atoms with Crippen LogP contribution in [-0.4, -0.2) is 60.0 Å². The average Bonchev–Trinajstić information content (AvgIpc) is 3.08. The molecule has 0 bridgehead atoms. The van der Waals surface area contributed by atoms with Gasteiger partial charge in [-0.1, -0.05) is 30.3 Å². The van der Waals surface area contributed by atoms with E-state index in [1.165, 1.54) is 16.9 Å². The van der Waals surface area contributed by atoms with Crippen molar-refractivity contribution in [1.29, 1.82) is 0 Å². The molecule has 0 saturated carbocycles. The molecule has 0 aliphatic carbocycles. The number of amides is 1. The van der Waals surface area contributed by atoms with Gasteiger partial charge >= 0.3 is 0 Å². The van der Waals surface area contributed by atoms with Crippen LogP contribution in [0.15, 0.2) is 41.9 Å². The summed E-state index contributed by atoms with van der Waals surface area (Å²) < 4.78 is 0. The minimum atomic E-state index is 0.0256. The van der Waals surface area contributed by atoms with Crippen LogP contribution in [0, 0.1) is 0 Å². The number of carbonyl (C=O) groups is 1. The van der Waals surface area contributed by atoms with Crippen LogP contribution < -0.4 is 5.32 Å². The summed E-state index contributed by atoms with van der Waals surface area (Å²) in [5.74, 6) is 0.0256. The summed E-state index contributed by atoms with van der Waals surface area (Å²) in [7, 11) is 0. The highest BCUT2D eigenvalue weighted by Gasteiger charge is 2.19. The van der Waals surface area contributed by atoms with E-state index in [4.69, 9.17) is 0 Å². The van der Waals surface area contributed by atoms with Crippen molar-refractivity contribution >= 4 is 22.4 Å². The van der Waals surface area contributed by atoms with Gasteiger partial charge in [-0.3, -0.25) is 9.69 Å². The van der Waals surface area contributed by atoms with Gasteiger partial charge in [-0.15, -0.1) is 11.3 Å². The Morgan fingerprint density at radius 2 is 1.87 bits per heavy atom. The molecule has 23 heavy (non-hydrogen) atoms. The van der Waals surface area contributed by atoms with Crippen LogP contribution in [-0.2, 0) is 11.2 Å². The van der Waals surface area contributed by atoms with E-state index in [1.807, 2.05) is 5.38 Å². The van der Waals surface area contributed by atoms with Crippen molar-refractivity contribution in [3.8, 4) is 0 Å². The molecule has 2 aromatic rings. The lowest BCUT2D eigenvalue weighted by Crippen LogP contribution is -2.49. The van der Waals surface area contributed by atoms with E-state index in [-0.39, 0.29) is 5.91 Å². The van der Waals surface area contributed by atoms with Crippen LogP contribution in [0.4, 0.5) is 5.13 Å². The number of carbonyl (C=O) groups excluding carboxylic acids is 1. The van der Waals surface area contributed by atoms with E-state index in [9.17, 15) is 4.79 Å². The minimum absolute atomic E-state index is 0.0256. The molecular formula is C17H22N4OS. The number of benzene rings is 1. The molecule has 1 saturated heterocycles. The van der Waals surface area contributed by atoms with Crippen molar-refractivity contribution in [3.63, 3.8) is 0 Å². The lowest BCUT2D eigenvalue weighted by atomic mass is 10.1. The molecule has 3 rings (SSSR count). The van der Waals surface area contributed by atoms with Crippen LogP contribution in [0.3, 0.4) is 0 Å². The van der Waals surface area contributed by atoms with Crippen LogP contribution >= 0.6 is 11.3 Å². The molecule has 0 spiro atoms. The van der Waals surface area contributed by atoms with Gasteiger partial charge < -0.3 is 10.2 Å². The first-order valence-corrected chi connectivity index (χ1v) is 8.85. The minimum Gasteiger partial charge on any atom is -0.301 e. The Bertz CT molecular complexity index is 594. The summed E-state index contributed by atoms with van der Waals surface area (Å²) in [5.41, 5.74) is 1.39. The van der Waals surface area contributed by atoms with E-state index >= 15 is 0 Å². The van der Waals surface area contributed by atoms with E-state index in [0.717, 1.165) is 39.1 Å². The van der Waals surface area contributed by atoms with Crippen molar-refractivity contribution < 1.29 is 4.79 Å². The first-order valence-electron chi connectivity index (χ1n) is 7.97. The molecule has 1 aliphatic rings. The largest absolute Gasteiger partial charge is 0.301 e. The number of nitrogens with one attached hydrogen (secondary N) is 1. The first-order chi connectivity index (χ1) is 11.3. The topological polar surface area (TPSA) is 48.5 Å². The monoisotopic (exact) mass is 330 g/mol. The molecule has 6 heteroatoms. The molecule has 1 aliphatic heterocycles. The average molecular weight is 330 g/mol. The second kappa shape index (κ2) is 8.19. The number of nitrogens with zero attached hydrogens (tertiary/aromatic N) is 3. The molecular weight excluding hydrogens is 308 g/mol. The lowest BCUT2D eigenvalue weighted by Gasteiger charge is -2.34. The van der Waals surface area contributed by atoms with Crippen LogP contribution in [0.2, 0.25) is 0 Å². The van der Waals surface area contributed by atoms with Gasteiger partial charge in [0.2, 0.25) is 5.91 Å². The van der Waals surface area contributed by atoms with Gasteiger partial charge in [0.25, 0.3) is 0 Å². The molecule has 1 aromatic carbocycles. The van der Waals surface area contributed by atoms with Gasteiger partial charge in [0, 0.05) is 44.3 Å². The number of anilines is 1. The zero-order valence-electron chi connectivity index (χ0n) is 13.1. The van der Waals surface area contributed by atoms with Gasteiger partial charge in [0.1, 0.15) is 0 Å². The Balaban J connectivity index is 1.36. The quantitative estimate of drug-likeness (QED) is 0.879. The number of hydrogen-bond donors (Lipinski definition) is 1. The van der Waals surface area contributed by atoms with Crippen molar-refractivity contribution in [2.24, 2.45) is 0 Å². The highest BCUT2D eigenvalue weighted by Crippen LogP contribution is 2.10.